The van der Waals surface area contributed by atoms with Gasteiger partial charge in [-0.15, -0.1) is 0 Å². The van der Waals surface area contributed by atoms with E-state index in [1.807, 2.05) is 0 Å². The molecular weight excluding hydrogens is 168 g/mol. The first-order chi connectivity index (χ1) is 6.24. The third-order valence-electron chi connectivity index (χ3n) is 2.62. The minimum atomic E-state index is -0.0789. The minimum Gasteiger partial charge on any atom is -0.395 e. The van der Waals surface area contributed by atoms with E-state index in [4.69, 9.17) is 15.6 Å². The molecular formula is C9H20N2O2. The molecule has 3 N–H and O–H groups in total. The summed E-state index contributed by atoms with van der Waals surface area (Å²) in [7, 11) is 2.09. The van der Waals surface area contributed by atoms with E-state index in [0.717, 1.165) is 32.6 Å². The van der Waals surface area contributed by atoms with E-state index in [1.165, 1.54) is 0 Å². The Morgan fingerprint density at radius 1 is 1.69 bits per heavy atom. The second-order valence-electron chi connectivity index (χ2n) is 3.73. The molecule has 4 heteroatoms. The zero-order chi connectivity index (χ0) is 9.68. The lowest BCUT2D eigenvalue weighted by molar-refractivity contribution is 0.154. The van der Waals surface area contributed by atoms with Gasteiger partial charge in [-0.2, -0.15) is 0 Å². The van der Waals surface area contributed by atoms with E-state index in [9.17, 15) is 0 Å². The lowest BCUT2D eigenvalue weighted by Gasteiger charge is -2.23. The fraction of sp³-hybridized carbons (Fsp3) is 1.00. The summed E-state index contributed by atoms with van der Waals surface area (Å²) in [4.78, 5) is 2.27. The van der Waals surface area contributed by atoms with Gasteiger partial charge in [-0.1, -0.05) is 0 Å². The van der Waals surface area contributed by atoms with Gasteiger partial charge in [-0.3, -0.25) is 0 Å². The van der Waals surface area contributed by atoms with Crippen molar-refractivity contribution >= 4 is 0 Å². The summed E-state index contributed by atoms with van der Waals surface area (Å²) in [5.41, 5.74) is 5.61. The van der Waals surface area contributed by atoms with Crippen molar-refractivity contribution in [2.24, 2.45) is 5.73 Å². The zero-order valence-electron chi connectivity index (χ0n) is 8.28. The molecule has 0 bridgehead atoms. The Labute approximate surface area is 79.7 Å². The van der Waals surface area contributed by atoms with Crippen LogP contribution in [0.3, 0.4) is 0 Å². The third kappa shape index (κ3) is 3.60. The lowest BCUT2D eigenvalue weighted by atomic mass is 10.2. The van der Waals surface area contributed by atoms with Crippen LogP contribution in [0, 0.1) is 0 Å². The van der Waals surface area contributed by atoms with E-state index in [2.05, 4.69) is 11.9 Å². The van der Waals surface area contributed by atoms with Crippen LogP contribution in [0.4, 0.5) is 0 Å². The molecule has 0 aromatic heterocycles. The normalized spacial score (nSPS) is 25.4. The highest BCUT2D eigenvalue weighted by Gasteiger charge is 2.19. The van der Waals surface area contributed by atoms with Crippen molar-refractivity contribution in [1.82, 2.24) is 4.90 Å². The fourth-order valence-corrected chi connectivity index (χ4v) is 1.51. The van der Waals surface area contributed by atoms with Crippen molar-refractivity contribution < 1.29 is 9.84 Å². The molecule has 13 heavy (non-hydrogen) atoms. The monoisotopic (exact) mass is 188 g/mol. The highest BCUT2D eigenvalue weighted by molar-refractivity contribution is 4.74. The first-order valence-electron chi connectivity index (χ1n) is 4.88. The SMILES string of the molecule is CN(CCC(N)CO)C1CCOC1. The van der Waals surface area contributed by atoms with Gasteiger partial charge >= 0.3 is 0 Å². The summed E-state index contributed by atoms with van der Waals surface area (Å²) < 4.78 is 5.29. The maximum Gasteiger partial charge on any atom is 0.0622 e. The first kappa shape index (κ1) is 10.9. The summed E-state index contributed by atoms with van der Waals surface area (Å²) >= 11 is 0. The largest absolute Gasteiger partial charge is 0.395 e. The van der Waals surface area contributed by atoms with Gasteiger partial charge in [-0.25, -0.2) is 0 Å². The number of aliphatic hydroxyl groups excluding tert-OH is 1. The molecule has 1 aliphatic rings. The van der Waals surface area contributed by atoms with Crippen molar-refractivity contribution in [3.8, 4) is 0 Å². The highest BCUT2D eigenvalue weighted by atomic mass is 16.5. The van der Waals surface area contributed by atoms with E-state index in [-0.39, 0.29) is 12.6 Å². The smallest absolute Gasteiger partial charge is 0.0622 e. The highest BCUT2D eigenvalue weighted by Crippen LogP contribution is 2.10. The second kappa shape index (κ2) is 5.54. The summed E-state index contributed by atoms with van der Waals surface area (Å²) in [5, 5.41) is 8.74. The Kier molecular flexibility index (Phi) is 4.66. The van der Waals surface area contributed by atoms with Crippen LogP contribution in [-0.2, 0) is 4.74 Å². The summed E-state index contributed by atoms with van der Waals surface area (Å²) in [6, 6.07) is 0.468. The maximum absolute atomic E-state index is 8.74. The van der Waals surface area contributed by atoms with Gasteiger partial charge in [-0.05, 0) is 26.4 Å². The number of rotatable bonds is 5. The molecule has 0 saturated carbocycles. The molecule has 1 heterocycles. The average Bonchev–Trinajstić information content (AvgIpc) is 2.66. The van der Waals surface area contributed by atoms with E-state index in [0.29, 0.717) is 6.04 Å². The van der Waals surface area contributed by atoms with Crippen LogP contribution >= 0.6 is 0 Å². The molecule has 0 aliphatic carbocycles. The van der Waals surface area contributed by atoms with Gasteiger partial charge in [0, 0.05) is 18.7 Å². The Balaban J connectivity index is 2.12. The van der Waals surface area contributed by atoms with Gasteiger partial charge in [0.1, 0.15) is 0 Å². The molecule has 0 amide bonds. The fourth-order valence-electron chi connectivity index (χ4n) is 1.51. The number of hydrogen-bond acceptors (Lipinski definition) is 4. The second-order valence-corrected chi connectivity index (χ2v) is 3.73. The molecule has 1 rings (SSSR count). The molecule has 0 aromatic rings. The Morgan fingerprint density at radius 2 is 2.46 bits per heavy atom. The Morgan fingerprint density at radius 3 is 3.00 bits per heavy atom. The summed E-state index contributed by atoms with van der Waals surface area (Å²) in [6.45, 7) is 2.73. The number of likely N-dealkylation sites (N-methyl/N-ethyl adjacent to an activating group) is 1. The Hall–Kier alpha value is -0.160. The van der Waals surface area contributed by atoms with Crippen LogP contribution in [0.2, 0.25) is 0 Å². The van der Waals surface area contributed by atoms with Crippen molar-refractivity contribution in [3.63, 3.8) is 0 Å². The standard InChI is InChI=1S/C9H20N2O2/c1-11(4-2-8(10)6-12)9-3-5-13-7-9/h8-9,12H,2-7,10H2,1H3. The summed E-state index contributed by atoms with van der Waals surface area (Å²) in [5.74, 6) is 0. The van der Waals surface area contributed by atoms with Crippen LogP contribution < -0.4 is 5.73 Å². The molecule has 0 radical (unpaired) electrons. The third-order valence-corrected chi connectivity index (χ3v) is 2.62. The van der Waals surface area contributed by atoms with Gasteiger partial charge in [0.15, 0.2) is 0 Å². The predicted molar refractivity (Wildman–Crippen MR) is 51.5 cm³/mol. The van der Waals surface area contributed by atoms with Crippen molar-refractivity contribution in [3.05, 3.63) is 0 Å². The Bertz CT molecular complexity index is 138. The van der Waals surface area contributed by atoms with Crippen molar-refractivity contribution in [2.45, 2.75) is 24.9 Å². The molecule has 1 saturated heterocycles. The molecule has 1 fully saturated rings. The molecule has 2 unspecified atom stereocenters. The van der Waals surface area contributed by atoms with Crippen molar-refractivity contribution in [2.75, 3.05) is 33.4 Å². The predicted octanol–water partition coefficient (Wildman–Crippen LogP) is -0.583. The number of aliphatic hydroxyl groups is 1. The summed E-state index contributed by atoms with van der Waals surface area (Å²) in [6.07, 6.45) is 1.97. The lowest BCUT2D eigenvalue weighted by Crippen LogP contribution is -2.36. The topological polar surface area (TPSA) is 58.7 Å². The van der Waals surface area contributed by atoms with E-state index < -0.39 is 0 Å². The van der Waals surface area contributed by atoms with E-state index >= 15 is 0 Å². The minimum absolute atomic E-state index is 0.0784. The zero-order valence-corrected chi connectivity index (χ0v) is 8.28. The number of nitrogens with two attached hydrogens (primary N) is 1. The quantitative estimate of drug-likeness (QED) is 0.606. The van der Waals surface area contributed by atoms with Crippen LogP contribution in [-0.4, -0.2) is 55.5 Å². The van der Waals surface area contributed by atoms with Crippen LogP contribution in [0.1, 0.15) is 12.8 Å². The average molecular weight is 188 g/mol. The molecule has 0 spiro atoms. The van der Waals surface area contributed by atoms with E-state index in [1.54, 1.807) is 0 Å². The van der Waals surface area contributed by atoms with Gasteiger partial charge in [0.25, 0.3) is 0 Å². The number of hydrogen-bond donors (Lipinski definition) is 2. The first-order valence-corrected chi connectivity index (χ1v) is 4.88. The molecule has 2 atom stereocenters. The molecule has 1 aliphatic heterocycles. The molecule has 78 valence electrons. The van der Waals surface area contributed by atoms with Gasteiger partial charge in [0.05, 0.1) is 13.2 Å². The number of ether oxygens (including phenoxy) is 1. The number of nitrogens with zero attached hydrogens (tertiary/aromatic N) is 1. The molecule has 0 aromatic carbocycles. The van der Waals surface area contributed by atoms with Crippen LogP contribution in [0.5, 0.6) is 0 Å². The van der Waals surface area contributed by atoms with Gasteiger partial charge < -0.3 is 20.5 Å². The van der Waals surface area contributed by atoms with Gasteiger partial charge in [0.2, 0.25) is 0 Å². The molecule has 4 nitrogen and oxygen atoms in total. The van der Waals surface area contributed by atoms with Crippen LogP contribution in [0.25, 0.3) is 0 Å². The van der Waals surface area contributed by atoms with Crippen molar-refractivity contribution in [1.29, 1.82) is 0 Å². The maximum atomic E-state index is 8.74. The van der Waals surface area contributed by atoms with Crippen LogP contribution in [0.15, 0.2) is 0 Å².